The van der Waals surface area contributed by atoms with Crippen molar-refractivity contribution < 1.29 is 50.9 Å². The molecule has 1 amide bonds. The smallest absolute Gasteiger partial charge is 0.456 e. The van der Waals surface area contributed by atoms with Crippen LogP contribution in [0.2, 0.25) is 0 Å². The number of alkyl halides is 5. The summed E-state index contributed by atoms with van der Waals surface area (Å²) in [6.07, 6.45) is -3.46. The van der Waals surface area contributed by atoms with Crippen molar-refractivity contribution in [1.29, 1.82) is 0 Å². The zero-order chi connectivity index (χ0) is 36.6. The minimum Gasteiger partial charge on any atom is -0.456 e. The zero-order valence-electron chi connectivity index (χ0n) is 29.2. The molecule has 1 N–H and O–H groups in total. The van der Waals surface area contributed by atoms with Crippen LogP contribution in [0.4, 0.5) is 26.7 Å². The number of aliphatic hydroxyl groups is 1. The Labute approximate surface area is 289 Å². The molecular formula is C38H46F5NO6. The fourth-order valence-corrected chi connectivity index (χ4v) is 9.59. The van der Waals surface area contributed by atoms with E-state index in [4.69, 9.17) is 9.47 Å². The second-order valence-electron chi connectivity index (χ2n) is 16.0. The number of carbonyl (C=O) groups excluding carboxylic acids is 3. The average Bonchev–Trinajstić information content (AvgIpc) is 3.63. The number of ketones is 1. The number of carbonyl (C=O) groups is 3. The number of fused-ring (bicyclic) bond motifs is 4. The topological polar surface area (TPSA) is 93.1 Å². The second kappa shape index (κ2) is 12.4. The highest BCUT2D eigenvalue weighted by Gasteiger charge is 2.79. The summed E-state index contributed by atoms with van der Waals surface area (Å²) in [7, 11) is 0. The van der Waals surface area contributed by atoms with E-state index < -0.39 is 71.2 Å². The average molecular weight is 708 g/mol. The molecule has 3 unspecified atom stereocenters. The van der Waals surface area contributed by atoms with E-state index in [1.54, 1.807) is 58.0 Å². The van der Waals surface area contributed by atoms with Gasteiger partial charge in [-0.3, -0.25) is 9.69 Å². The van der Waals surface area contributed by atoms with Crippen LogP contribution in [0.5, 0.6) is 0 Å². The van der Waals surface area contributed by atoms with Gasteiger partial charge in [-0.2, -0.15) is 22.0 Å². The summed E-state index contributed by atoms with van der Waals surface area (Å²) in [6, 6.07) is 6.27. The predicted octanol–water partition coefficient (Wildman–Crippen LogP) is 8.52. The van der Waals surface area contributed by atoms with Gasteiger partial charge in [-0.25, -0.2) is 9.59 Å². The Bertz CT molecular complexity index is 1610. The van der Waals surface area contributed by atoms with Crippen molar-refractivity contribution in [3.05, 3.63) is 58.2 Å². The first-order valence-electron chi connectivity index (χ1n) is 17.6. The minimum atomic E-state index is -5.92. The number of hydrogen-bond acceptors (Lipinski definition) is 6. The van der Waals surface area contributed by atoms with E-state index in [-0.39, 0.29) is 24.5 Å². The van der Waals surface area contributed by atoms with Crippen LogP contribution >= 0.6 is 0 Å². The van der Waals surface area contributed by atoms with Crippen LogP contribution < -0.4 is 0 Å². The molecule has 274 valence electrons. The number of hydrogen-bond donors (Lipinski definition) is 1. The lowest BCUT2D eigenvalue weighted by atomic mass is 9.50. The highest BCUT2D eigenvalue weighted by atomic mass is 19.4. The van der Waals surface area contributed by atoms with Gasteiger partial charge in [0, 0.05) is 24.3 Å². The van der Waals surface area contributed by atoms with Crippen LogP contribution in [-0.2, 0) is 19.1 Å². The van der Waals surface area contributed by atoms with Crippen LogP contribution in [0.25, 0.3) is 0 Å². The highest BCUT2D eigenvalue weighted by molar-refractivity contribution is 5.93. The predicted molar refractivity (Wildman–Crippen MR) is 173 cm³/mol. The molecule has 1 saturated heterocycles. The Hall–Kier alpha value is -3.28. The van der Waals surface area contributed by atoms with Crippen LogP contribution in [-0.4, -0.2) is 63.7 Å². The summed E-state index contributed by atoms with van der Waals surface area (Å²) in [5.74, 6) is -7.35. The lowest BCUT2D eigenvalue weighted by Crippen LogP contribution is -2.65. The molecule has 3 fully saturated rings. The van der Waals surface area contributed by atoms with Gasteiger partial charge < -0.3 is 14.6 Å². The van der Waals surface area contributed by atoms with Gasteiger partial charge in [0.15, 0.2) is 5.78 Å². The van der Waals surface area contributed by atoms with Crippen molar-refractivity contribution in [2.24, 2.45) is 17.3 Å². The summed E-state index contributed by atoms with van der Waals surface area (Å²) in [5, 5.41) is 11.5. The van der Waals surface area contributed by atoms with Gasteiger partial charge in [0.2, 0.25) is 0 Å². The SMILES string of the molecule is CC(OC(=O)[C@@H]1CCCN1C(=O)OC(C)(C)C)c1ccc([C@H]2C[C@@]3(C)C(CC[C@@]3(O)C(F)(F)C(F)(F)F)C3CCC4=CC(=O)CCC4=C32)cc1. The third-order valence-electron chi connectivity index (χ3n) is 12.0. The Morgan fingerprint density at radius 1 is 1.00 bits per heavy atom. The van der Waals surface area contributed by atoms with Crippen LogP contribution in [0.3, 0.4) is 0 Å². The van der Waals surface area contributed by atoms with Gasteiger partial charge in [-0.1, -0.05) is 36.8 Å². The molecule has 6 rings (SSSR count). The van der Waals surface area contributed by atoms with E-state index in [0.717, 1.165) is 16.7 Å². The number of halogens is 5. The summed E-state index contributed by atoms with van der Waals surface area (Å²) in [5.41, 5.74) is -1.57. The maximum Gasteiger partial charge on any atom is 0.456 e. The monoisotopic (exact) mass is 707 g/mol. The molecule has 7 atom stereocenters. The van der Waals surface area contributed by atoms with Gasteiger partial charge in [-0.05, 0) is 119 Å². The molecule has 0 aromatic heterocycles. The standard InChI is InChI=1S/C38H46F5NO6/c1-21(49-32(46)30-7-6-18-44(30)33(47)50-34(2,3)4)22-8-10-23(11-9-22)28-20-35(5)29(16-17-36(35,48)37(39,40)38(41,42)43)27-14-12-24-19-25(45)13-15-26(24)31(27)28/h8-11,19,21,27-30,48H,6-7,12-18,20H2,1-5H3/t21?,27?,28-,29?,30+,35+,36+/m1/s1. The van der Waals surface area contributed by atoms with Gasteiger partial charge >= 0.3 is 24.2 Å². The number of benzene rings is 1. The molecule has 5 aliphatic rings. The molecule has 0 bridgehead atoms. The maximum absolute atomic E-state index is 15.3. The number of rotatable bonds is 5. The third kappa shape index (κ3) is 5.96. The van der Waals surface area contributed by atoms with Crippen molar-refractivity contribution in [2.45, 2.75) is 134 Å². The highest BCUT2D eigenvalue weighted by Crippen LogP contribution is 2.70. The van der Waals surface area contributed by atoms with E-state index in [2.05, 4.69) is 0 Å². The molecule has 4 aliphatic carbocycles. The molecule has 7 nitrogen and oxygen atoms in total. The van der Waals surface area contributed by atoms with Crippen LogP contribution in [0.1, 0.15) is 116 Å². The van der Waals surface area contributed by atoms with E-state index in [1.165, 1.54) is 11.8 Å². The van der Waals surface area contributed by atoms with Crippen molar-refractivity contribution in [3.63, 3.8) is 0 Å². The second-order valence-corrected chi connectivity index (χ2v) is 16.0. The largest absolute Gasteiger partial charge is 0.456 e. The number of amides is 1. The fourth-order valence-electron chi connectivity index (χ4n) is 9.59. The molecular weight excluding hydrogens is 661 g/mol. The maximum atomic E-state index is 15.3. The lowest BCUT2D eigenvalue weighted by Gasteiger charge is -2.56. The molecule has 1 aromatic carbocycles. The first-order chi connectivity index (χ1) is 23.2. The molecule has 1 aromatic rings. The number of likely N-dealkylation sites (tertiary alicyclic amines) is 1. The van der Waals surface area contributed by atoms with Gasteiger partial charge in [-0.15, -0.1) is 0 Å². The quantitative estimate of drug-likeness (QED) is 0.244. The molecule has 50 heavy (non-hydrogen) atoms. The molecule has 2 saturated carbocycles. The van der Waals surface area contributed by atoms with Gasteiger partial charge in [0.05, 0.1) is 0 Å². The van der Waals surface area contributed by atoms with Crippen LogP contribution in [0.15, 0.2) is 47.1 Å². The summed E-state index contributed by atoms with van der Waals surface area (Å²) >= 11 is 0. The number of nitrogens with zero attached hydrogens (tertiary/aromatic N) is 1. The summed E-state index contributed by atoms with van der Waals surface area (Å²) < 4.78 is 83.5. The number of ether oxygens (including phenoxy) is 2. The minimum absolute atomic E-state index is 0.0137. The van der Waals surface area contributed by atoms with Crippen LogP contribution in [0, 0.1) is 17.3 Å². The van der Waals surface area contributed by atoms with E-state index in [9.17, 15) is 32.7 Å². The third-order valence-corrected chi connectivity index (χ3v) is 12.0. The molecule has 1 aliphatic heterocycles. The normalized spacial score (nSPS) is 32.2. The molecule has 0 radical (unpaired) electrons. The Balaban J connectivity index is 1.30. The van der Waals surface area contributed by atoms with E-state index >= 15 is 8.78 Å². The zero-order valence-corrected chi connectivity index (χ0v) is 29.2. The molecule has 1 heterocycles. The number of esters is 1. The first-order valence-corrected chi connectivity index (χ1v) is 17.6. The lowest BCUT2D eigenvalue weighted by molar-refractivity contribution is -0.362. The van der Waals surface area contributed by atoms with Gasteiger partial charge in [0.1, 0.15) is 23.3 Å². The Kier molecular flexibility index (Phi) is 9.09. The molecule has 0 spiro atoms. The van der Waals surface area contributed by atoms with Crippen molar-refractivity contribution in [2.75, 3.05) is 6.54 Å². The van der Waals surface area contributed by atoms with E-state index in [1.807, 2.05) is 0 Å². The van der Waals surface area contributed by atoms with Gasteiger partial charge in [0.25, 0.3) is 0 Å². The van der Waals surface area contributed by atoms with Crippen molar-refractivity contribution >= 4 is 17.8 Å². The molecule has 12 heteroatoms. The summed E-state index contributed by atoms with van der Waals surface area (Å²) in [4.78, 5) is 39.7. The first kappa shape index (κ1) is 36.5. The fraction of sp³-hybridized carbons (Fsp3) is 0.658. The van der Waals surface area contributed by atoms with Crippen molar-refractivity contribution in [3.8, 4) is 0 Å². The Morgan fingerprint density at radius 2 is 1.68 bits per heavy atom. The van der Waals surface area contributed by atoms with Crippen molar-refractivity contribution in [1.82, 2.24) is 4.90 Å². The number of allylic oxidation sites excluding steroid dienone is 4. The van der Waals surface area contributed by atoms with E-state index in [0.29, 0.717) is 56.2 Å². The summed E-state index contributed by atoms with van der Waals surface area (Å²) in [6.45, 7) is 8.70. The Morgan fingerprint density at radius 3 is 2.32 bits per heavy atom.